The van der Waals surface area contributed by atoms with Gasteiger partial charge in [0, 0.05) is 23.5 Å². The molecule has 0 radical (unpaired) electrons. The van der Waals surface area contributed by atoms with Crippen LogP contribution in [0.1, 0.15) is 46.5 Å². The van der Waals surface area contributed by atoms with Crippen molar-refractivity contribution in [2.45, 2.75) is 32.2 Å². The Morgan fingerprint density at radius 2 is 1.77 bits per heavy atom. The molecule has 0 aliphatic heterocycles. The summed E-state index contributed by atoms with van der Waals surface area (Å²) in [5.74, 6) is -0.606. The number of carbonyl (C=O) groups excluding carboxylic acids is 2. The molecule has 0 saturated carbocycles. The van der Waals surface area contributed by atoms with Crippen LogP contribution in [-0.4, -0.2) is 30.2 Å². The lowest BCUT2D eigenvalue weighted by molar-refractivity contribution is -0.671. The van der Waals surface area contributed by atoms with E-state index >= 15 is 0 Å². The molecule has 7 heteroatoms. The normalized spacial score (nSPS) is 10.5. The van der Waals surface area contributed by atoms with Crippen LogP contribution in [0.5, 0.6) is 0 Å². The predicted octanol–water partition coefficient (Wildman–Crippen LogP) is 0.674. The lowest BCUT2D eigenvalue weighted by Crippen LogP contribution is -3.00. The van der Waals surface area contributed by atoms with Crippen LogP contribution in [0.4, 0.5) is 0 Å². The highest BCUT2D eigenvalue weighted by atomic mass is 127. The Hall–Kier alpha value is -2.42. The van der Waals surface area contributed by atoms with Gasteiger partial charge in [-0.15, -0.1) is 0 Å². The fourth-order valence-electron chi connectivity index (χ4n) is 3.41. The van der Waals surface area contributed by atoms with Crippen molar-refractivity contribution in [3.8, 4) is 0 Å². The number of fused-ring (bicyclic) bond motifs is 1. The van der Waals surface area contributed by atoms with Crippen LogP contribution < -0.4 is 28.5 Å². The highest BCUT2D eigenvalue weighted by Crippen LogP contribution is 2.21. The van der Waals surface area contributed by atoms with Crippen LogP contribution in [0.25, 0.3) is 10.9 Å². The number of para-hydroxylation sites is 1. The number of nitrogens with zero attached hydrogens (tertiary/aromatic N) is 2. The molecule has 6 nitrogen and oxygen atoms in total. The molecule has 0 aliphatic rings. The molecule has 0 amide bonds. The highest BCUT2D eigenvalue weighted by molar-refractivity contribution is 5.95. The Labute approximate surface area is 193 Å². The summed E-state index contributed by atoms with van der Waals surface area (Å²) in [5.41, 5.74) is 2.18. The Kier molecular flexibility index (Phi) is 9.29. The molecule has 3 aromatic rings. The van der Waals surface area contributed by atoms with E-state index in [1.54, 1.807) is 12.3 Å². The summed E-state index contributed by atoms with van der Waals surface area (Å²) in [6.07, 6.45) is 7.33. The van der Waals surface area contributed by atoms with Crippen molar-refractivity contribution >= 4 is 22.8 Å². The second kappa shape index (κ2) is 11.7. The second-order valence-electron chi connectivity index (χ2n) is 7.04. The first-order valence-electron chi connectivity index (χ1n) is 9.89. The minimum Gasteiger partial charge on any atom is -1.00 e. The van der Waals surface area contributed by atoms with E-state index in [1.807, 2.05) is 58.8 Å². The van der Waals surface area contributed by atoms with Crippen molar-refractivity contribution in [3.05, 3.63) is 66.1 Å². The van der Waals surface area contributed by atoms with Gasteiger partial charge in [0.25, 0.3) is 0 Å². The molecular weight excluding hydrogens is 495 g/mol. The number of benzene rings is 1. The van der Waals surface area contributed by atoms with Gasteiger partial charge in [-0.1, -0.05) is 24.6 Å². The minimum atomic E-state index is -0.317. The standard InChI is InChI=1S/C23H27N2O4.HI/c1-24-13-9-11-19(17-24)22(26)29-15-8-4-3-7-14-25-20-12-6-5-10-18(20)16-21(25)23(27)28-2;/h5-6,9-13,16-17H,3-4,7-8,14-15H2,1-2H3;1H/q+1;/p-1. The fraction of sp³-hybridized carbons (Fsp3) is 0.348. The number of halogens is 1. The third-order valence-corrected chi connectivity index (χ3v) is 4.89. The third-order valence-electron chi connectivity index (χ3n) is 4.89. The second-order valence-corrected chi connectivity index (χ2v) is 7.04. The lowest BCUT2D eigenvalue weighted by Gasteiger charge is -2.09. The van der Waals surface area contributed by atoms with E-state index in [0.717, 1.165) is 43.1 Å². The predicted molar refractivity (Wildman–Crippen MR) is 110 cm³/mol. The number of rotatable bonds is 9. The molecule has 0 unspecified atom stereocenters. The molecule has 2 aromatic heterocycles. The molecule has 0 saturated heterocycles. The number of pyridine rings is 1. The number of ether oxygens (including phenoxy) is 2. The molecule has 30 heavy (non-hydrogen) atoms. The number of aromatic nitrogens is 2. The number of hydrogen-bond acceptors (Lipinski definition) is 4. The number of carbonyl (C=O) groups is 2. The fourth-order valence-corrected chi connectivity index (χ4v) is 3.41. The highest BCUT2D eigenvalue weighted by Gasteiger charge is 2.15. The van der Waals surface area contributed by atoms with Gasteiger partial charge in [-0.2, -0.15) is 0 Å². The van der Waals surface area contributed by atoms with Gasteiger partial charge in [0.2, 0.25) is 0 Å². The Morgan fingerprint density at radius 1 is 1.00 bits per heavy atom. The first kappa shape index (κ1) is 23.9. The maximum Gasteiger partial charge on any atom is 0.354 e. The number of unbranched alkanes of at least 4 members (excludes halogenated alkanes) is 3. The van der Waals surface area contributed by atoms with E-state index in [0.29, 0.717) is 17.9 Å². The molecule has 1 aromatic carbocycles. The smallest absolute Gasteiger partial charge is 0.354 e. The topological polar surface area (TPSA) is 61.4 Å². The molecule has 2 heterocycles. The zero-order chi connectivity index (χ0) is 20.6. The Balaban J connectivity index is 0.00000320. The van der Waals surface area contributed by atoms with Gasteiger partial charge in [-0.3, -0.25) is 0 Å². The molecule has 3 rings (SSSR count). The largest absolute Gasteiger partial charge is 1.00 e. The van der Waals surface area contributed by atoms with Crippen LogP contribution in [0.2, 0.25) is 0 Å². The van der Waals surface area contributed by atoms with Crippen molar-refractivity contribution in [1.82, 2.24) is 4.57 Å². The van der Waals surface area contributed by atoms with Gasteiger partial charge in [-0.25, -0.2) is 14.2 Å². The van der Waals surface area contributed by atoms with Crippen molar-refractivity contribution in [2.24, 2.45) is 7.05 Å². The van der Waals surface area contributed by atoms with Crippen LogP contribution in [0.15, 0.2) is 54.9 Å². The average Bonchev–Trinajstić information content (AvgIpc) is 3.11. The quantitative estimate of drug-likeness (QED) is 0.180. The van der Waals surface area contributed by atoms with Gasteiger partial charge in [0.15, 0.2) is 12.4 Å². The Bertz CT molecular complexity index is 1000. The summed E-state index contributed by atoms with van der Waals surface area (Å²) in [4.78, 5) is 24.1. The number of esters is 2. The van der Waals surface area contributed by atoms with E-state index < -0.39 is 0 Å². The van der Waals surface area contributed by atoms with Gasteiger partial charge < -0.3 is 38.0 Å². The zero-order valence-corrected chi connectivity index (χ0v) is 19.5. The minimum absolute atomic E-state index is 0. The third kappa shape index (κ3) is 6.04. The molecule has 0 atom stereocenters. The lowest BCUT2D eigenvalue weighted by atomic mass is 10.2. The van der Waals surface area contributed by atoms with E-state index in [4.69, 9.17) is 9.47 Å². The van der Waals surface area contributed by atoms with Crippen molar-refractivity contribution in [2.75, 3.05) is 13.7 Å². The summed E-state index contributed by atoms with van der Waals surface area (Å²) in [7, 11) is 3.28. The average molecular weight is 522 g/mol. The first-order chi connectivity index (χ1) is 14.1. The first-order valence-corrected chi connectivity index (χ1v) is 9.89. The molecule has 160 valence electrons. The van der Waals surface area contributed by atoms with Crippen molar-refractivity contribution < 1.29 is 47.6 Å². The van der Waals surface area contributed by atoms with Crippen LogP contribution in [-0.2, 0) is 23.1 Å². The van der Waals surface area contributed by atoms with E-state index in [-0.39, 0.29) is 35.9 Å². The summed E-state index contributed by atoms with van der Waals surface area (Å²) in [5, 5.41) is 1.04. The molecule has 0 bridgehead atoms. The van der Waals surface area contributed by atoms with Gasteiger partial charge in [0.1, 0.15) is 18.3 Å². The molecule has 0 aliphatic carbocycles. The number of hydrogen-bond donors (Lipinski definition) is 0. The van der Waals surface area contributed by atoms with E-state index in [1.165, 1.54) is 7.11 Å². The summed E-state index contributed by atoms with van der Waals surface area (Å²) < 4.78 is 14.1. The molecular formula is C23H27IN2O4. The monoisotopic (exact) mass is 522 g/mol. The van der Waals surface area contributed by atoms with Crippen molar-refractivity contribution in [3.63, 3.8) is 0 Å². The summed E-state index contributed by atoms with van der Waals surface area (Å²) >= 11 is 0. The summed E-state index contributed by atoms with van der Waals surface area (Å²) in [6, 6.07) is 13.4. The maximum atomic E-state index is 12.1. The van der Waals surface area contributed by atoms with E-state index in [9.17, 15) is 9.59 Å². The molecule has 0 N–H and O–H groups in total. The van der Waals surface area contributed by atoms with Crippen molar-refractivity contribution in [1.29, 1.82) is 0 Å². The maximum absolute atomic E-state index is 12.1. The molecule has 0 spiro atoms. The van der Waals surface area contributed by atoms with Gasteiger partial charge in [-0.05, 0) is 37.5 Å². The number of methoxy groups -OCH3 is 1. The van der Waals surface area contributed by atoms with E-state index in [2.05, 4.69) is 0 Å². The SMILES string of the molecule is COC(=O)c1cc2ccccc2n1CCCCCCOC(=O)c1ccc[n+](C)c1.[I-]. The summed E-state index contributed by atoms with van der Waals surface area (Å²) in [6.45, 7) is 1.16. The van der Waals surface area contributed by atoms with Gasteiger partial charge >= 0.3 is 11.9 Å². The van der Waals surface area contributed by atoms with Crippen LogP contribution in [0.3, 0.4) is 0 Å². The number of aryl methyl sites for hydroxylation is 2. The zero-order valence-electron chi connectivity index (χ0n) is 17.3. The van der Waals surface area contributed by atoms with Gasteiger partial charge in [0.05, 0.1) is 13.7 Å². The van der Waals surface area contributed by atoms with Crippen LogP contribution >= 0.6 is 0 Å². The van der Waals surface area contributed by atoms with Crippen LogP contribution in [0, 0.1) is 0 Å². The molecule has 0 fully saturated rings. The Morgan fingerprint density at radius 3 is 2.53 bits per heavy atom.